The third-order valence-corrected chi connectivity index (χ3v) is 5.83. The highest BCUT2D eigenvalue weighted by Crippen LogP contribution is 2.22. The molecule has 3 aromatic rings. The number of carbonyl (C=O) groups is 1. The molecule has 0 radical (unpaired) electrons. The van der Waals surface area contributed by atoms with Gasteiger partial charge in [0.25, 0.3) is 0 Å². The molecule has 3 heteroatoms. The molecule has 1 fully saturated rings. The van der Waals surface area contributed by atoms with Crippen LogP contribution in [0.2, 0.25) is 0 Å². The molecule has 0 aromatic heterocycles. The van der Waals surface area contributed by atoms with Gasteiger partial charge in [0.05, 0.1) is 6.04 Å². The molecule has 1 aliphatic rings. The lowest BCUT2D eigenvalue weighted by Crippen LogP contribution is -2.42. The maximum Gasteiger partial charge on any atom is 0.237 e. The lowest BCUT2D eigenvalue weighted by atomic mass is 10.0. The molecule has 3 aromatic carbocycles. The summed E-state index contributed by atoms with van der Waals surface area (Å²) in [6, 6.07) is 27.2. The summed E-state index contributed by atoms with van der Waals surface area (Å²) < 4.78 is 0. The Bertz CT molecular complexity index is 950. The molecular weight excluding hydrogens is 356 g/mol. The van der Waals surface area contributed by atoms with Crippen LogP contribution in [0.3, 0.4) is 0 Å². The van der Waals surface area contributed by atoms with Gasteiger partial charge in [-0.1, -0.05) is 78.9 Å². The second-order valence-electron chi connectivity index (χ2n) is 7.84. The fourth-order valence-electron chi connectivity index (χ4n) is 4.07. The lowest BCUT2D eigenvalue weighted by Gasteiger charge is -2.24. The van der Waals surface area contributed by atoms with Crippen molar-refractivity contribution in [2.24, 2.45) is 0 Å². The Balaban J connectivity index is 1.34. The first kappa shape index (κ1) is 19.4. The number of aryl methyl sites for hydroxylation is 1. The van der Waals surface area contributed by atoms with Crippen molar-refractivity contribution in [3.8, 4) is 11.1 Å². The molecule has 0 unspecified atom stereocenters. The van der Waals surface area contributed by atoms with Gasteiger partial charge in [0.2, 0.25) is 5.91 Å². The molecule has 1 N–H and O–H groups in total. The van der Waals surface area contributed by atoms with Crippen LogP contribution in [0.5, 0.6) is 0 Å². The van der Waals surface area contributed by atoms with Crippen molar-refractivity contribution in [3.63, 3.8) is 0 Å². The SMILES string of the molecule is Cc1ccccc1CN1CCC[C@H]1C(=O)NCc1ccc(-c2ccccc2)cc1. The minimum absolute atomic E-state index is 0.0294. The predicted molar refractivity (Wildman–Crippen MR) is 118 cm³/mol. The van der Waals surface area contributed by atoms with Crippen molar-refractivity contribution >= 4 is 5.91 Å². The molecule has 0 aliphatic carbocycles. The molecule has 1 atom stereocenters. The number of rotatable bonds is 6. The van der Waals surface area contributed by atoms with Crippen LogP contribution in [-0.2, 0) is 17.9 Å². The van der Waals surface area contributed by atoms with E-state index in [9.17, 15) is 4.79 Å². The zero-order valence-electron chi connectivity index (χ0n) is 17.0. The monoisotopic (exact) mass is 384 g/mol. The van der Waals surface area contributed by atoms with Gasteiger partial charge in [-0.25, -0.2) is 0 Å². The number of amides is 1. The first-order chi connectivity index (χ1) is 14.2. The van der Waals surface area contributed by atoms with Gasteiger partial charge in [0.15, 0.2) is 0 Å². The van der Waals surface area contributed by atoms with Gasteiger partial charge >= 0.3 is 0 Å². The first-order valence-electron chi connectivity index (χ1n) is 10.4. The predicted octanol–water partition coefficient (Wildman–Crippen LogP) is 4.94. The van der Waals surface area contributed by atoms with Crippen LogP contribution in [0.15, 0.2) is 78.9 Å². The van der Waals surface area contributed by atoms with E-state index in [0.717, 1.165) is 31.5 Å². The van der Waals surface area contributed by atoms with E-state index >= 15 is 0 Å². The van der Waals surface area contributed by atoms with Crippen molar-refractivity contribution in [2.45, 2.75) is 38.9 Å². The Morgan fingerprint density at radius 2 is 1.62 bits per heavy atom. The summed E-state index contributed by atoms with van der Waals surface area (Å²) in [5, 5.41) is 3.15. The summed E-state index contributed by atoms with van der Waals surface area (Å²) >= 11 is 0. The van der Waals surface area contributed by atoms with Crippen molar-refractivity contribution in [1.29, 1.82) is 0 Å². The van der Waals surface area contributed by atoms with Gasteiger partial charge in [0.1, 0.15) is 0 Å². The molecule has 1 saturated heterocycles. The normalized spacial score (nSPS) is 16.7. The van der Waals surface area contributed by atoms with Crippen molar-refractivity contribution in [2.75, 3.05) is 6.54 Å². The average Bonchev–Trinajstić information content (AvgIpc) is 3.23. The van der Waals surface area contributed by atoms with E-state index in [0.29, 0.717) is 6.54 Å². The van der Waals surface area contributed by atoms with E-state index in [-0.39, 0.29) is 11.9 Å². The summed E-state index contributed by atoms with van der Waals surface area (Å²) in [7, 11) is 0. The Labute approximate surface area is 173 Å². The third-order valence-electron chi connectivity index (χ3n) is 5.83. The van der Waals surface area contributed by atoms with Gasteiger partial charge in [-0.05, 0) is 54.1 Å². The highest BCUT2D eigenvalue weighted by Gasteiger charge is 2.30. The Hall–Kier alpha value is -2.91. The van der Waals surface area contributed by atoms with Gasteiger partial charge in [-0.2, -0.15) is 0 Å². The van der Waals surface area contributed by atoms with Crippen LogP contribution in [0.25, 0.3) is 11.1 Å². The summed E-state index contributed by atoms with van der Waals surface area (Å²) in [6.07, 6.45) is 2.01. The summed E-state index contributed by atoms with van der Waals surface area (Å²) in [4.78, 5) is 15.2. The number of nitrogens with one attached hydrogen (secondary N) is 1. The van der Waals surface area contributed by atoms with Crippen LogP contribution >= 0.6 is 0 Å². The standard InChI is InChI=1S/C26H28N2O/c1-20-8-5-6-11-24(20)19-28-17-7-12-25(28)26(29)27-18-21-13-15-23(16-14-21)22-9-3-2-4-10-22/h2-6,8-11,13-16,25H,7,12,17-19H2,1H3,(H,27,29)/t25-/m0/s1. The fourth-order valence-corrected chi connectivity index (χ4v) is 4.07. The Morgan fingerprint density at radius 3 is 2.38 bits per heavy atom. The zero-order chi connectivity index (χ0) is 20.1. The van der Waals surface area contributed by atoms with Crippen molar-refractivity contribution in [1.82, 2.24) is 10.2 Å². The molecule has 1 heterocycles. The molecule has 148 valence electrons. The Morgan fingerprint density at radius 1 is 0.931 bits per heavy atom. The lowest BCUT2D eigenvalue weighted by molar-refractivity contribution is -0.125. The van der Waals surface area contributed by atoms with Crippen molar-refractivity contribution < 1.29 is 4.79 Å². The highest BCUT2D eigenvalue weighted by atomic mass is 16.2. The van der Waals surface area contributed by atoms with E-state index in [2.05, 4.69) is 77.8 Å². The summed E-state index contributed by atoms with van der Waals surface area (Å²) in [5.41, 5.74) is 6.13. The maximum atomic E-state index is 12.8. The first-order valence-corrected chi connectivity index (χ1v) is 10.4. The number of carbonyl (C=O) groups excluding carboxylic acids is 1. The molecule has 0 saturated carbocycles. The topological polar surface area (TPSA) is 32.3 Å². The van der Waals surface area contributed by atoms with Gasteiger partial charge < -0.3 is 5.32 Å². The number of likely N-dealkylation sites (tertiary alicyclic amines) is 1. The molecule has 0 bridgehead atoms. The smallest absolute Gasteiger partial charge is 0.237 e. The number of hydrogen-bond acceptors (Lipinski definition) is 2. The molecule has 29 heavy (non-hydrogen) atoms. The molecule has 1 aliphatic heterocycles. The fraction of sp³-hybridized carbons (Fsp3) is 0.269. The van der Waals surface area contributed by atoms with Gasteiger partial charge in [-0.3, -0.25) is 9.69 Å². The van der Waals surface area contributed by atoms with E-state index in [1.807, 2.05) is 18.2 Å². The second kappa shape index (κ2) is 9.06. The minimum Gasteiger partial charge on any atom is -0.351 e. The quantitative estimate of drug-likeness (QED) is 0.653. The second-order valence-corrected chi connectivity index (χ2v) is 7.84. The summed E-state index contributed by atoms with van der Waals surface area (Å²) in [5.74, 6) is 0.142. The molecule has 0 spiro atoms. The average molecular weight is 385 g/mol. The highest BCUT2D eigenvalue weighted by molar-refractivity contribution is 5.82. The van der Waals surface area contributed by atoms with Crippen LogP contribution < -0.4 is 5.32 Å². The van der Waals surface area contributed by atoms with E-state index in [1.165, 1.54) is 22.3 Å². The minimum atomic E-state index is -0.0294. The zero-order valence-corrected chi connectivity index (χ0v) is 17.0. The maximum absolute atomic E-state index is 12.8. The number of benzene rings is 3. The van der Waals surface area contributed by atoms with Crippen LogP contribution in [-0.4, -0.2) is 23.4 Å². The van der Waals surface area contributed by atoms with E-state index in [1.54, 1.807) is 0 Å². The van der Waals surface area contributed by atoms with Crippen LogP contribution in [0.1, 0.15) is 29.5 Å². The van der Waals surface area contributed by atoms with Gasteiger partial charge in [-0.15, -0.1) is 0 Å². The molecular formula is C26H28N2O. The van der Waals surface area contributed by atoms with E-state index in [4.69, 9.17) is 0 Å². The van der Waals surface area contributed by atoms with Crippen LogP contribution in [0.4, 0.5) is 0 Å². The Kier molecular flexibility index (Phi) is 6.06. The molecule has 4 rings (SSSR count). The summed E-state index contributed by atoms with van der Waals surface area (Å²) in [6.45, 7) is 4.54. The van der Waals surface area contributed by atoms with E-state index < -0.39 is 0 Å². The van der Waals surface area contributed by atoms with Crippen LogP contribution in [0, 0.1) is 6.92 Å². The number of hydrogen-bond donors (Lipinski definition) is 1. The van der Waals surface area contributed by atoms with Crippen molar-refractivity contribution in [3.05, 3.63) is 95.6 Å². The third kappa shape index (κ3) is 4.75. The van der Waals surface area contributed by atoms with Gasteiger partial charge in [0, 0.05) is 13.1 Å². The largest absolute Gasteiger partial charge is 0.351 e. The molecule has 3 nitrogen and oxygen atoms in total. The molecule has 1 amide bonds. The number of nitrogens with zero attached hydrogens (tertiary/aromatic N) is 1.